The van der Waals surface area contributed by atoms with Gasteiger partial charge in [-0.05, 0) is 0 Å². The van der Waals surface area contributed by atoms with Crippen molar-refractivity contribution < 1.29 is 9.53 Å². The van der Waals surface area contributed by atoms with Gasteiger partial charge in [0.1, 0.15) is 0 Å². The molecule has 0 aliphatic rings. The molecule has 54 valence electrons. The molecule has 0 aromatic carbocycles. The molecule has 2 nitrogen and oxygen atoms in total. The Morgan fingerprint density at radius 2 is 2.22 bits per heavy atom. The second kappa shape index (κ2) is 5.19. The number of ether oxygens (including phenoxy) is 1. The van der Waals surface area contributed by atoms with E-state index in [1.165, 1.54) is 7.11 Å². The van der Waals surface area contributed by atoms with Crippen molar-refractivity contribution in [1.82, 2.24) is 0 Å². The number of hydrogen-bond donors (Lipinski definition) is 0. The van der Waals surface area contributed by atoms with Crippen LogP contribution in [0.25, 0.3) is 0 Å². The van der Waals surface area contributed by atoms with E-state index in [0.717, 1.165) is 0 Å². The fraction of sp³-hybridized carbons (Fsp3) is 0.800. The molecule has 0 aliphatic carbocycles. The van der Waals surface area contributed by atoms with Crippen molar-refractivity contribution in [2.45, 2.75) is 11.4 Å². The van der Waals surface area contributed by atoms with E-state index in [1.54, 1.807) is 10.0 Å². The van der Waals surface area contributed by atoms with E-state index >= 15 is 0 Å². The van der Waals surface area contributed by atoms with Crippen LogP contribution in [0.15, 0.2) is 0 Å². The molecule has 0 saturated carbocycles. The number of hydrogen-bond acceptors (Lipinski definition) is 3. The van der Waals surface area contributed by atoms with E-state index in [4.69, 9.17) is 0 Å². The molecule has 0 unspecified atom stereocenters. The summed E-state index contributed by atoms with van der Waals surface area (Å²) in [5.41, 5.74) is 4.39. The first kappa shape index (κ1) is 9.38. The van der Waals surface area contributed by atoms with Crippen molar-refractivity contribution in [3.8, 4) is 0 Å². The summed E-state index contributed by atoms with van der Waals surface area (Å²) in [6, 6.07) is 0. The number of methoxy groups -OCH3 is 1. The zero-order valence-corrected chi connectivity index (χ0v) is 8.57. The minimum absolute atomic E-state index is 0.108. The Bertz CT molecular complexity index is 95.0. The molecule has 0 amide bonds. The van der Waals surface area contributed by atoms with Gasteiger partial charge < -0.3 is 0 Å². The summed E-state index contributed by atoms with van der Waals surface area (Å²) in [6.07, 6.45) is 0. The maximum atomic E-state index is 10.5. The molecule has 0 radical (unpaired) electrons. The van der Waals surface area contributed by atoms with E-state index < -0.39 is 13.5 Å². The Morgan fingerprint density at radius 1 is 1.67 bits per heavy atom. The first-order valence-corrected chi connectivity index (χ1v) is 9.53. The fourth-order valence-electron chi connectivity index (χ4n) is 0.241. The molecular formula is C5H11AsO2S. The van der Waals surface area contributed by atoms with Crippen LogP contribution < -0.4 is 0 Å². The molecule has 0 rings (SSSR count). The van der Waals surface area contributed by atoms with Gasteiger partial charge in [-0.1, -0.05) is 0 Å². The SMILES string of the molecule is COC(=O)CS[As](C)C. The fourth-order valence-corrected chi connectivity index (χ4v) is 3.01. The predicted molar refractivity (Wildman–Crippen MR) is 42.0 cm³/mol. The molecule has 0 bridgehead atoms. The standard InChI is InChI=1S/C5H11AsO2S/c1-6(2)9-4-5(7)8-3/h4H2,1-3H3. The van der Waals surface area contributed by atoms with E-state index in [-0.39, 0.29) is 5.97 Å². The molecule has 0 aliphatic heterocycles. The van der Waals surface area contributed by atoms with Gasteiger partial charge >= 0.3 is 63.3 Å². The van der Waals surface area contributed by atoms with Gasteiger partial charge in [0.05, 0.1) is 0 Å². The molecule has 0 heterocycles. The van der Waals surface area contributed by atoms with Crippen LogP contribution in [0.4, 0.5) is 0 Å². The Balaban J connectivity index is 3.17. The van der Waals surface area contributed by atoms with Crippen LogP contribution in [-0.4, -0.2) is 32.3 Å². The van der Waals surface area contributed by atoms with Crippen molar-refractivity contribution in [3.63, 3.8) is 0 Å². The average Bonchev–Trinajstić information content (AvgIpc) is 1.83. The third-order valence-corrected chi connectivity index (χ3v) is 5.61. The van der Waals surface area contributed by atoms with Crippen molar-refractivity contribution in [1.29, 1.82) is 0 Å². The third-order valence-electron chi connectivity index (χ3n) is 0.668. The van der Waals surface area contributed by atoms with Gasteiger partial charge in [-0.15, -0.1) is 0 Å². The zero-order chi connectivity index (χ0) is 7.28. The van der Waals surface area contributed by atoms with Gasteiger partial charge in [0.25, 0.3) is 0 Å². The molecule has 0 N–H and O–H groups in total. The minimum atomic E-state index is -0.681. The molecule has 0 fully saturated rings. The molecule has 4 heteroatoms. The van der Waals surface area contributed by atoms with Crippen LogP contribution in [0.2, 0.25) is 11.4 Å². The van der Waals surface area contributed by atoms with Crippen LogP contribution in [0.5, 0.6) is 0 Å². The first-order chi connectivity index (χ1) is 4.16. The summed E-state index contributed by atoms with van der Waals surface area (Å²) in [5.74, 6) is 0.423. The summed E-state index contributed by atoms with van der Waals surface area (Å²) in [5, 5.41) is 0. The summed E-state index contributed by atoms with van der Waals surface area (Å²) < 4.78 is 4.46. The molecule has 0 aromatic rings. The van der Waals surface area contributed by atoms with Crippen molar-refractivity contribution in [2.24, 2.45) is 0 Å². The van der Waals surface area contributed by atoms with Crippen LogP contribution in [-0.2, 0) is 9.53 Å². The van der Waals surface area contributed by atoms with E-state index in [1.807, 2.05) is 0 Å². The van der Waals surface area contributed by atoms with Crippen LogP contribution in [0, 0.1) is 0 Å². The maximum absolute atomic E-state index is 10.5. The van der Waals surface area contributed by atoms with Gasteiger partial charge in [0, 0.05) is 0 Å². The Hall–Kier alpha value is 0.378. The molecule has 0 atom stereocenters. The van der Waals surface area contributed by atoms with E-state index in [9.17, 15) is 4.79 Å². The Labute approximate surface area is 63.6 Å². The molecule has 0 spiro atoms. The van der Waals surface area contributed by atoms with Gasteiger partial charge in [-0.3, -0.25) is 0 Å². The monoisotopic (exact) mass is 210 g/mol. The third kappa shape index (κ3) is 6.26. The molecule has 9 heavy (non-hydrogen) atoms. The van der Waals surface area contributed by atoms with Crippen LogP contribution in [0.3, 0.4) is 0 Å². The first-order valence-electron chi connectivity index (χ1n) is 2.54. The van der Waals surface area contributed by atoms with Gasteiger partial charge in [-0.25, -0.2) is 0 Å². The van der Waals surface area contributed by atoms with Crippen molar-refractivity contribution in [3.05, 3.63) is 0 Å². The van der Waals surface area contributed by atoms with Gasteiger partial charge in [0.2, 0.25) is 0 Å². The van der Waals surface area contributed by atoms with Crippen molar-refractivity contribution in [2.75, 3.05) is 12.9 Å². The quantitative estimate of drug-likeness (QED) is 0.516. The molecule has 0 aromatic heterocycles. The van der Waals surface area contributed by atoms with Crippen LogP contribution >= 0.6 is 10.0 Å². The second-order valence-electron chi connectivity index (χ2n) is 1.66. The van der Waals surface area contributed by atoms with E-state index in [0.29, 0.717) is 5.75 Å². The number of carbonyl (C=O) groups excluding carboxylic acids is 1. The molecule has 0 saturated heterocycles. The molecular weight excluding hydrogens is 199 g/mol. The Kier molecular flexibility index (Phi) is 5.40. The average molecular weight is 210 g/mol. The predicted octanol–water partition coefficient (Wildman–Crippen LogP) is 1.14. The summed E-state index contributed by atoms with van der Waals surface area (Å²) in [7, 11) is 3.16. The van der Waals surface area contributed by atoms with Crippen molar-refractivity contribution >= 4 is 29.5 Å². The van der Waals surface area contributed by atoms with E-state index in [2.05, 4.69) is 16.2 Å². The van der Waals surface area contributed by atoms with Gasteiger partial charge in [0.15, 0.2) is 0 Å². The summed E-state index contributed by atoms with van der Waals surface area (Å²) >= 11 is -0.681. The Morgan fingerprint density at radius 3 is 2.56 bits per heavy atom. The number of esters is 1. The number of rotatable bonds is 3. The number of carbonyl (C=O) groups is 1. The van der Waals surface area contributed by atoms with Crippen LogP contribution in [0.1, 0.15) is 0 Å². The normalized spacial score (nSPS) is 9.78. The summed E-state index contributed by atoms with van der Waals surface area (Å²) in [6.45, 7) is 0. The van der Waals surface area contributed by atoms with Gasteiger partial charge in [-0.2, -0.15) is 0 Å². The zero-order valence-electron chi connectivity index (χ0n) is 5.88. The second-order valence-corrected chi connectivity index (χ2v) is 11.0. The topological polar surface area (TPSA) is 26.3 Å². The summed E-state index contributed by atoms with van der Waals surface area (Å²) in [4.78, 5) is 10.5.